The van der Waals surface area contributed by atoms with Crippen LogP contribution in [0, 0.1) is 0 Å². The quantitative estimate of drug-likeness (QED) is 0.338. The van der Waals surface area contributed by atoms with Gasteiger partial charge in [0.25, 0.3) is 0 Å². The van der Waals surface area contributed by atoms with Crippen LogP contribution >= 0.6 is 35.0 Å². The number of nitrogens with one attached hydrogen (secondary N) is 1. The number of carbonyl (C=O) groups is 1. The maximum Gasteiger partial charge on any atom is 0.187 e. The molecule has 3 rings (SSSR count). The van der Waals surface area contributed by atoms with E-state index in [-0.39, 0.29) is 5.78 Å². The van der Waals surface area contributed by atoms with Crippen LogP contribution < -0.4 is 5.32 Å². The van der Waals surface area contributed by atoms with Crippen LogP contribution in [0.1, 0.15) is 17.3 Å². The summed E-state index contributed by atoms with van der Waals surface area (Å²) in [6.45, 7) is 1.87. The minimum Gasteiger partial charge on any atom is -0.358 e. The molecule has 0 unspecified atom stereocenters. The molecule has 136 valence electrons. The fraction of sp³-hybridized carbons (Fsp3) is 0.0455. The molecule has 0 bridgehead atoms. The van der Waals surface area contributed by atoms with Gasteiger partial charge in [-0.3, -0.25) is 4.79 Å². The molecule has 0 amide bonds. The van der Waals surface area contributed by atoms with E-state index in [1.807, 2.05) is 67.6 Å². The molecule has 1 N–H and O–H groups in total. The van der Waals surface area contributed by atoms with E-state index < -0.39 is 0 Å². The van der Waals surface area contributed by atoms with E-state index in [9.17, 15) is 4.79 Å². The van der Waals surface area contributed by atoms with Gasteiger partial charge in [0, 0.05) is 27.1 Å². The minimum absolute atomic E-state index is 0.0418. The number of ketones is 1. The Morgan fingerprint density at radius 2 is 1.52 bits per heavy atom. The molecule has 0 aliphatic heterocycles. The summed E-state index contributed by atoms with van der Waals surface area (Å²) in [5, 5.41) is 4.51. The van der Waals surface area contributed by atoms with E-state index in [2.05, 4.69) is 5.32 Å². The number of benzene rings is 3. The van der Waals surface area contributed by atoms with Crippen LogP contribution in [0.3, 0.4) is 0 Å². The molecule has 0 saturated heterocycles. The molecule has 5 heteroatoms. The third-order valence-electron chi connectivity index (χ3n) is 3.76. The summed E-state index contributed by atoms with van der Waals surface area (Å²) in [7, 11) is 0. The van der Waals surface area contributed by atoms with E-state index in [0.29, 0.717) is 15.6 Å². The van der Waals surface area contributed by atoms with Gasteiger partial charge in [-0.25, -0.2) is 0 Å². The predicted octanol–water partition coefficient (Wildman–Crippen LogP) is 7.34. The van der Waals surface area contributed by atoms with Crippen molar-refractivity contribution in [2.24, 2.45) is 0 Å². The number of hydrogen-bond acceptors (Lipinski definition) is 3. The lowest BCUT2D eigenvalue weighted by atomic mass is 10.1. The second-order valence-corrected chi connectivity index (χ2v) is 7.70. The standard InChI is InChI=1S/C22H17Cl2NOS/c1-15(14-20(26)16-8-3-2-4-9-16)25-19-12-5-6-13-21(19)27-22-17(23)10-7-11-18(22)24/h2-14,25H,1H3/b15-14-. The Bertz CT molecular complexity index is 966. The Kier molecular flexibility index (Phi) is 6.62. The summed E-state index contributed by atoms with van der Waals surface area (Å²) < 4.78 is 0. The number of carbonyl (C=O) groups excluding carboxylic acids is 1. The second kappa shape index (κ2) is 9.14. The lowest BCUT2D eigenvalue weighted by Gasteiger charge is -2.13. The molecule has 0 aromatic heterocycles. The number of rotatable bonds is 6. The van der Waals surface area contributed by atoms with Crippen molar-refractivity contribution in [1.29, 1.82) is 0 Å². The highest BCUT2D eigenvalue weighted by Crippen LogP contribution is 2.41. The number of anilines is 1. The highest BCUT2D eigenvalue weighted by molar-refractivity contribution is 7.99. The van der Waals surface area contributed by atoms with Crippen LogP contribution in [0.25, 0.3) is 0 Å². The molecule has 3 aromatic carbocycles. The first kappa shape index (κ1) is 19.6. The zero-order valence-electron chi connectivity index (χ0n) is 14.6. The van der Waals surface area contributed by atoms with Gasteiger partial charge in [0.1, 0.15) is 0 Å². The van der Waals surface area contributed by atoms with E-state index in [1.165, 1.54) is 11.8 Å². The monoisotopic (exact) mass is 413 g/mol. The van der Waals surface area contributed by atoms with Gasteiger partial charge in [-0.1, -0.05) is 83.5 Å². The van der Waals surface area contributed by atoms with Crippen LogP contribution in [-0.2, 0) is 0 Å². The number of para-hydroxylation sites is 1. The van der Waals surface area contributed by atoms with Crippen molar-refractivity contribution in [1.82, 2.24) is 0 Å². The number of halogens is 2. The molecule has 0 saturated carbocycles. The predicted molar refractivity (Wildman–Crippen MR) is 115 cm³/mol. The van der Waals surface area contributed by atoms with Crippen molar-refractivity contribution in [3.05, 3.63) is 100 Å². The zero-order valence-corrected chi connectivity index (χ0v) is 16.9. The van der Waals surface area contributed by atoms with Crippen molar-refractivity contribution in [3.63, 3.8) is 0 Å². The van der Waals surface area contributed by atoms with Crippen LogP contribution in [-0.4, -0.2) is 5.78 Å². The molecule has 0 spiro atoms. The van der Waals surface area contributed by atoms with Crippen LogP contribution in [0.4, 0.5) is 5.69 Å². The average Bonchev–Trinajstić information content (AvgIpc) is 2.66. The van der Waals surface area contributed by atoms with E-state index in [4.69, 9.17) is 23.2 Å². The van der Waals surface area contributed by atoms with Gasteiger partial charge in [0.2, 0.25) is 0 Å². The lowest BCUT2D eigenvalue weighted by Crippen LogP contribution is -2.02. The van der Waals surface area contributed by atoms with E-state index in [0.717, 1.165) is 21.2 Å². The van der Waals surface area contributed by atoms with Crippen molar-refractivity contribution in [3.8, 4) is 0 Å². The third-order valence-corrected chi connectivity index (χ3v) is 5.83. The smallest absolute Gasteiger partial charge is 0.187 e. The summed E-state index contributed by atoms with van der Waals surface area (Å²) in [5.41, 5.74) is 2.29. The Morgan fingerprint density at radius 3 is 2.22 bits per heavy atom. The first-order valence-corrected chi connectivity index (χ1v) is 9.87. The van der Waals surface area contributed by atoms with Crippen molar-refractivity contribution in [2.45, 2.75) is 16.7 Å². The van der Waals surface area contributed by atoms with Crippen LogP contribution in [0.15, 0.2) is 94.4 Å². The van der Waals surface area contributed by atoms with Crippen LogP contribution in [0.5, 0.6) is 0 Å². The first-order chi connectivity index (χ1) is 13.0. The normalized spacial score (nSPS) is 11.3. The van der Waals surface area contributed by atoms with Gasteiger partial charge < -0.3 is 5.32 Å². The van der Waals surface area contributed by atoms with Gasteiger partial charge in [-0.05, 0) is 31.2 Å². The highest BCUT2D eigenvalue weighted by atomic mass is 35.5. The number of hydrogen-bond donors (Lipinski definition) is 1. The molecule has 2 nitrogen and oxygen atoms in total. The lowest BCUT2D eigenvalue weighted by molar-refractivity contribution is 0.104. The Balaban J connectivity index is 1.82. The maximum absolute atomic E-state index is 12.4. The fourth-order valence-electron chi connectivity index (χ4n) is 2.48. The maximum atomic E-state index is 12.4. The van der Waals surface area contributed by atoms with Gasteiger partial charge in [-0.2, -0.15) is 0 Å². The number of allylic oxidation sites excluding steroid dienone is 2. The van der Waals surface area contributed by atoms with Gasteiger partial charge >= 0.3 is 0 Å². The Morgan fingerprint density at radius 1 is 0.889 bits per heavy atom. The average molecular weight is 414 g/mol. The molecule has 0 aliphatic carbocycles. The van der Waals surface area contributed by atoms with Crippen molar-refractivity contribution in [2.75, 3.05) is 5.32 Å². The zero-order chi connectivity index (χ0) is 19.2. The molecule has 0 fully saturated rings. The molecule has 0 radical (unpaired) electrons. The summed E-state index contributed by atoms with van der Waals surface area (Å²) >= 11 is 14.1. The van der Waals surface area contributed by atoms with Gasteiger partial charge in [-0.15, -0.1) is 0 Å². The summed E-state index contributed by atoms with van der Waals surface area (Å²) in [6, 6.07) is 22.5. The fourth-order valence-corrected chi connectivity index (χ4v) is 4.04. The first-order valence-electron chi connectivity index (χ1n) is 8.30. The van der Waals surface area contributed by atoms with Crippen LogP contribution in [0.2, 0.25) is 10.0 Å². The summed E-state index contributed by atoms with van der Waals surface area (Å²) in [4.78, 5) is 14.1. The summed E-state index contributed by atoms with van der Waals surface area (Å²) in [5.74, 6) is -0.0418. The van der Waals surface area contributed by atoms with Gasteiger partial charge in [0.15, 0.2) is 5.78 Å². The topological polar surface area (TPSA) is 29.1 Å². The Hall–Kier alpha value is -2.20. The van der Waals surface area contributed by atoms with Crippen molar-refractivity contribution >= 4 is 46.4 Å². The minimum atomic E-state index is -0.0418. The molecule has 0 atom stereocenters. The summed E-state index contributed by atoms with van der Waals surface area (Å²) in [6.07, 6.45) is 1.60. The Labute approximate surface area is 173 Å². The molecule has 0 aliphatic rings. The van der Waals surface area contributed by atoms with Crippen molar-refractivity contribution < 1.29 is 4.79 Å². The molecule has 0 heterocycles. The molecule has 27 heavy (non-hydrogen) atoms. The third kappa shape index (κ3) is 5.16. The molecular formula is C22H17Cl2NOS. The molecule has 3 aromatic rings. The highest BCUT2D eigenvalue weighted by Gasteiger charge is 2.11. The van der Waals surface area contributed by atoms with E-state index >= 15 is 0 Å². The SMILES string of the molecule is C/C(=C/C(=O)c1ccccc1)Nc1ccccc1Sc1c(Cl)cccc1Cl. The van der Waals surface area contributed by atoms with E-state index in [1.54, 1.807) is 18.2 Å². The largest absolute Gasteiger partial charge is 0.358 e. The second-order valence-electron chi connectivity index (χ2n) is 5.83. The molecular weight excluding hydrogens is 397 g/mol. The van der Waals surface area contributed by atoms with Gasteiger partial charge in [0.05, 0.1) is 15.7 Å².